The third-order valence-corrected chi connectivity index (χ3v) is 10.1. The Labute approximate surface area is 311 Å². The molecule has 0 rings (SSSR count). The molecule has 0 aliphatic rings. The zero-order valence-corrected chi connectivity index (χ0v) is 33.7. The van der Waals surface area contributed by atoms with Crippen LogP contribution in [0.25, 0.3) is 0 Å². The number of carbonyl (C=O) groups is 2. The highest BCUT2D eigenvalue weighted by Crippen LogP contribution is 2.16. The number of esters is 2. The van der Waals surface area contributed by atoms with E-state index >= 15 is 0 Å². The molecule has 5 heteroatoms. The van der Waals surface area contributed by atoms with Crippen LogP contribution in [0.5, 0.6) is 0 Å². The zero-order valence-electron chi connectivity index (χ0n) is 33.7. The lowest BCUT2D eigenvalue weighted by molar-refractivity contribution is -0.161. The van der Waals surface area contributed by atoms with Gasteiger partial charge in [0.1, 0.15) is 6.61 Å². The van der Waals surface area contributed by atoms with Crippen LogP contribution < -0.4 is 0 Å². The second-order valence-electron chi connectivity index (χ2n) is 15.1. The van der Waals surface area contributed by atoms with Gasteiger partial charge in [0.05, 0.1) is 6.61 Å². The molecule has 5 nitrogen and oxygen atoms in total. The maximum Gasteiger partial charge on any atom is 0.306 e. The van der Waals surface area contributed by atoms with Crippen molar-refractivity contribution >= 4 is 11.9 Å². The van der Waals surface area contributed by atoms with Crippen molar-refractivity contribution in [2.24, 2.45) is 0 Å². The van der Waals surface area contributed by atoms with E-state index in [-0.39, 0.29) is 25.2 Å². The molecule has 296 valence electrons. The Morgan fingerprint density at radius 3 is 1.10 bits per heavy atom. The van der Waals surface area contributed by atoms with Gasteiger partial charge >= 0.3 is 11.9 Å². The molecule has 0 aromatic heterocycles. The minimum Gasteiger partial charge on any atom is -0.462 e. The summed E-state index contributed by atoms with van der Waals surface area (Å²) < 4.78 is 10.6. The van der Waals surface area contributed by atoms with Crippen LogP contribution in [-0.4, -0.2) is 36.4 Å². The quantitative estimate of drug-likeness (QED) is 0.0389. The lowest BCUT2D eigenvalue weighted by atomic mass is 10.0. The molecule has 0 amide bonds. The average Bonchev–Trinajstić information content (AvgIpc) is 3.12. The van der Waals surface area contributed by atoms with E-state index in [1.165, 1.54) is 180 Å². The minimum atomic E-state index is -0.769. The second kappa shape index (κ2) is 42.1. The normalized spacial score (nSPS) is 12.1. The van der Waals surface area contributed by atoms with Gasteiger partial charge in [0.2, 0.25) is 0 Å². The van der Waals surface area contributed by atoms with Gasteiger partial charge in [-0.15, -0.1) is 0 Å². The molecule has 0 spiro atoms. The number of aliphatic hydroxyl groups excluding tert-OH is 1. The number of carbonyl (C=O) groups excluding carboxylic acids is 2. The van der Waals surface area contributed by atoms with Crippen molar-refractivity contribution in [3.05, 3.63) is 12.2 Å². The van der Waals surface area contributed by atoms with Crippen LogP contribution in [0.15, 0.2) is 12.2 Å². The van der Waals surface area contributed by atoms with Gasteiger partial charge in [-0.2, -0.15) is 0 Å². The monoisotopic (exact) mass is 707 g/mol. The van der Waals surface area contributed by atoms with Crippen LogP contribution in [-0.2, 0) is 19.1 Å². The predicted octanol–water partition coefficient (Wildman–Crippen LogP) is 14.1. The fraction of sp³-hybridized carbons (Fsp3) is 0.911. The Balaban J connectivity index is 3.45. The van der Waals surface area contributed by atoms with E-state index in [1.807, 2.05) is 0 Å². The van der Waals surface area contributed by atoms with E-state index in [0.717, 1.165) is 38.5 Å². The molecule has 0 aromatic carbocycles. The molecule has 1 unspecified atom stereocenters. The van der Waals surface area contributed by atoms with Crippen LogP contribution >= 0.6 is 0 Å². The summed E-state index contributed by atoms with van der Waals surface area (Å²) in [6.45, 7) is 4.14. The molecule has 50 heavy (non-hydrogen) atoms. The summed E-state index contributed by atoms with van der Waals surface area (Å²) in [4.78, 5) is 24.3. The maximum absolute atomic E-state index is 12.2. The summed E-state index contributed by atoms with van der Waals surface area (Å²) in [5, 5.41) is 9.56. The molecule has 1 atom stereocenters. The van der Waals surface area contributed by atoms with E-state index in [9.17, 15) is 14.7 Å². The summed E-state index contributed by atoms with van der Waals surface area (Å²) in [6, 6.07) is 0. The Morgan fingerprint density at radius 1 is 0.440 bits per heavy atom. The number of hydrogen-bond donors (Lipinski definition) is 1. The molecule has 0 radical (unpaired) electrons. The Morgan fingerprint density at radius 2 is 0.740 bits per heavy atom. The number of unbranched alkanes of at least 4 members (excludes halogenated alkanes) is 31. The summed E-state index contributed by atoms with van der Waals surface area (Å²) in [5.74, 6) is -0.588. The van der Waals surface area contributed by atoms with Crippen molar-refractivity contribution in [2.75, 3.05) is 13.2 Å². The second-order valence-corrected chi connectivity index (χ2v) is 15.1. The number of hydrogen-bond acceptors (Lipinski definition) is 5. The highest BCUT2D eigenvalue weighted by Gasteiger charge is 2.16. The topological polar surface area (TPSA) is 72.8 Å². The lowest BCUT2D eigenvalue weighted by Crippen LogP contribution is -2.28. The van der Waals surface area contributed by atoms with Gasteiger partial charge in [-0.25, -0.2) is 0 Å². The summed E-state index contributed by atoms with van der Waals surface area (Å²) in [7, 11) is 0. The van der Waals surface area contributed by atoms with Crippen LogP contribution in [0.1, 0.15) is 245 Å². The number of ether oxygens (including phenoxy) is 2. The summed E-state index contributed by atoms with van der Waals surface area (Å²) >= 11 is 0. The average molecular weight is 707 g/mol. The molecular formula is C45H86O5. The maximum atomic E-state index is 12.2. The summed E-state index contributed by atoms with van der Waals surface area (Å²) in [6.07, 6.45) is 48.6. The van der Waals surface area contributed by atoms with Crippen molar-refractivity contribution in [3.63, 3.8) is 0 Å². The zero-order chi connectivity index (χ0) is 36.4. The lowest BCUT2D eigenvalue weighted by Gasteiger charge is -2.15. The Bertz CT molecular complexity index is 720. The van der Waals surface area contributed by atoms with E-state index in [0.29, 0.717) is 12.8 Å². The fourth-order valence-corrected chi connectivity index (χ4v) is 6.67. The molecule has 0 saturated carbocycles. The molecule has 0 saturated heterocycles. The first kappa shape index (κ1) is 48.6. The van der Waals surface area contributed by atoms with E-state index < -0.39 is 6.10 Å². The molecule has 0 fully saturated rings. The van der Waals surface area contributed by atoms with Gasteiger partial charge in [0.15, 0.2) is 6.10 Å². The molecule has 0 aliphatic carbocycles. The minimum absolute atomic E-state index is 0.0629. The summed E-state index contributed by atoms with van der Waals surface area (Å²) in [5.41, 5.74) is 0. The van der Waals surface area contributed by atoms with Gasteiger partial charge in [-0.05, 0) is 38.5 Å². The van der Waals surface area contributed by atoms with Crippen molar-refractivity contribution in [2.45, 2.75) is 251 Å². The number of aliphatic hydroxyl groups is 1. The van der Waals surface area contributed by atoms with Gasteiger partial charge in [-0.3, -0.25) is 9.59 Å². The molecule has 0 aromatic rings. The largest absolute Gasteiger partial charge is 0.462 e. The first-order valence-electron chi connectivity index (χ1n) is 22.2. The van der Waals surface area contributed by atoms with E-state index in [2.05, 4.69) is 26.0 Å². The first-order chi connectivity index (χ1) is 24.6. The third-order valence-electron chi connectivity index (χ3n) is 10.1. The molecule has 1 N–H and O–H groups in total. The molecular weight excluding hydrogens is 620 g/mol. The van der Waals surface area contributed by atoms with Crippen LogP contribution in [0.3, 0.4) is 0 Å². The third kappa shape index (κ3) is 39.4. The SMILES string of the molecule is CCCCCC/C=C\CCCCCCCC(=O)OC(CO)COC(=O)CCCCCCCCCCCCCCCCCCCCCCCCC. The van der Waals surface area contributed by atoms with Crippen molar-refractivity contribution < 1.29 is 24.2 Å². The Hall–Kier alpha value is -1.36. The first-order valence-corrected chi connectivity index (χ1v) is 22.2. The smallest absolute Gasteiger partial charge is 0.306 e. The highest BCUT2D eigenvalue weighted by molar-refractivity contribution is 5.70. The van der Waals surface area contributed by atoms with Crippen LogP contribution in [0.2, 0.25) is 0 Å². The van der Waals surface area contributed by atoms with Gasteiger partial charge in [-0.1, -0.05) is 206 Å². The fourth-order valence-electron chi connectivity index (χ4n) is 6.67. The van der Waals surface area contributed by atoms with Crippen molar-refractivity contribution in [1.29, 1.82) is 0 Å². The van der Waals surface area contributed by atoms with Gasteiger partial charge in [0, 0.05) is 12.8 Å². The van der Waals surface area contributed by atoms with Gasteiger partial charge in [0.25, 0.3) is 0 Å². The highest BCUT2D eigenvalue weighted by atomic mass is 16.6. The Kier molecular flexibility index (Phi) is 40.9. The predicted molar refractivity (Wildman–Crippen MR) is 215 cm³/mol. The number of allylic oxidation sites excluding steroid dienone is 2. The van der Waals surface area contributed by atoms with E-state index in [1.54, 1.807) is 0 Å². The van der Waals surface area contributed by atoms with Crippen molar-refractivity contribution in [3.8, 4) is 0 Å². The molecule has 0 aliphatic heterocycles. The number of rotatable bonds is 41. The van der Waals surface area contributed by atoms with Crippen LogP contribution in [0.4, 0.5) is 0 Å². The standard InChI is InChI=1S/C45H86O5/c1-3-5-7-9-11-13-15-17-18-19-20-21-22-23-24-25-26-28-29-31-33-35-37-39-44(47)49-42-43(41-46)50-45(48)40-38-36-34-32-30-27-16-14-12-10-8-6-4-2/h14,16,43,46H,3-13,15,17-42H2,1-2H3/b16-14-. The molecule has 0 heterocycles. The van der Waals surface area contributed by atoms with Gasteiger partial charge < -0.3 is 14.6 Å². The van der Waals surface area contributed by atoms with Crippen molar-refractivity contribution in [1.82, 2.24) is 0 Å². The molecule has 0 bridgehead atoms. The van der Waals surface area contributed by atoms with E-state index in [4.69, 9.17) is 9.47 Å². The van der Waals surface area contributed by atoms with Crippen LogP contribution in [0, 0.1) is 0 Å².